The molecule has 3 aromatic rings. The minimum Gasteiger partial charge on any atom is -0.361 e. The molecule has 3 saturated heterocycles. The smallest absolute Gasteiger partial charge is 0.263 e. The zero-order valence-electron chi connectivity index (χ0n) is 18.1. The average molecular weight is 419 g/mol. The van der Waals surface area contributed by atoms with Crippen molar-refractivity contribution in [1.82, 2.24) is 19.8 Å². The molecule has 31 heavy (non-hydrogen) atoms. The fourth-order valence-electron chi connectivity index (χ4n) is 5.30. The molecule has 3 aliphatic heterocycles. The highest BCUT2D eigenvalue weighted by Gasteiger charge is 2.33. The molecule has 1 amide bonds. The van der Waals surface area contributed by atoms with Crippen LogP contribution in [0.2, 0.25) is 0 Å². The number of H-pyrrole nitrogens is 1. The number of para-hydroxylation sites is 1. The van der Waals surface area contributed by atoms with Gasteiger partial charge < -0.3 is 14.9 Å². The van der Waals surface area contributed by atoms with Crippen LogP contribution in [0.3, 0.4) is 0 Å². The zero-order valence-corrected chi connectivity index (χ0v) is 18.1. The molecule has 1 aromatic carbocycles. The van der Waals surface area contributed by atoms with Crippen LogP contribution < -0.4 is 10.9 Å². The minimum atomic E-state index is -0.244. The van der Waals surface area contributed by atoms with E-state index < -0.39 is 0 Å². The van der Waals surface area contributed by atoms with Crippen LogP contribution in [0.1, 0.15) is 40.7 Å². The Morgan fingerprint density at radius 1 is 1.19 bits per heavy atom. The number of aromatic amines is 1. The molecule has 6 rings (SSSR count). The molecule has 0 radical (unpaired) electrons. The lowest BCUT2D eigenvalue weighted by Crippen LogP contribution is -2.53. The third-order valence-electron chi connectivity index (χ3n) is 7.17. The van der Waals surface area contributed by atoms with E-state index in [1.807, 2.05) is 37.4 Å². The van der Waals surface area contributed by atoms with E-state index in [-0.39, 0.29) is 17.0 Å². The van der Waals surface area contributed by atoms with Crippen molar-refractivity contribution in [3.05, 3.63) is 69.8 Å². The Bertz CT molecular complexity index is 1150. The van der Waals surface area contributed by atoms with E-state index in [9.17, 15) is 9.59 Å². The van der Waals surface area contributed by atoms with Crippen molar-refractivity contribution in [2.75, 3.05) is 19.6 Å². The van der Waals surface area contributed by atoms with E-state index in [1.54, 1.807) is 10.8 Å². The molecule has 1 atom stereocenters. The molecule has 6 nitrogen and oxygen atoms in total. The second-order valence-electron chi connectivity index (χ2n) is 9.06. The van der Waals surface area contributed by atoms with Gasteiger partial charge in [-0.3, -0.25) is 14.5 Å². The van der Waals surface area contributed by atoms with Crippen LogP contribution in [0, 0.1) is 12.8 Å². The number of benzene rings is 1. The summed E-state index contributed by atoms with van der Waals surface area (Å²) in [5.41, 5.74) is 3.08. The maximum absolute atomic E-state index is 13.1. The van der Waals surface area contributed by atoms with Crippen molar-refractivity contribution >= 4 is 16.8 Å². The summed E-state index contributed by atoms with van der Waals surface area (Å²) >= 11 is 0. The lowest BCUT2D eigenvalue weighted by Gasteiger charge is -2.45. The van der Waals surface area contributed by atoms with Crippen LogP contribution in [0.5, 0.6) is 0 Å². The fourth-order valence-corrected chi connectivity index (χ4v) is 5.30. The lowest BCUT2D eigenvalue weighted by molar-refractivity contribution is 0.0481. The summed E-state index contributed by atoms with van der Waals surface area (Å²) in [5, 5.41) is 4.24. The average Bonchev–Trinajstić information content (AvgIpc) is 3.21. The van der Waals surface area contributed by atoms with Gasteiger partial charge in [0.2, 0.25) is 0 Å². The number of aromatic nitrogens is 2. The number of fused-ring (bicyclic) bond motifs is 4. The zero-order chi connectivity index (χ0) is 21.4. The molecule has 6 heteroatoms. The summed E-state index contributed by atoms with van der Waals surface area (Å²) in [6.07, 6.45) is 8.25. The van der Waals surface area contributed by atoms with Crippen molar-refractivity contribution in [1.29, 1.82) is 0 Å². The van der Waals surface area contributed by atoms with Crippen LogP contribution in [-0.2, 0) is 13.0 Å². The van der Waals surface area contributed by atoms with Crippen molar-refractivity contribution in [3.63, 3.8) is 0 Å². The Kier molecular flexibility index (Phi) is 5.40. The van der Waals surface area contributed by atoms with E-state index >= 15 is 0 Å². The number of hydrogen-bond acceptors (Lipinski definition) is 3. The number of pyridine rings is 1. The molecular formula is C25H30N4O2. The van der Waals surface area contributed by atoms with Crippen LogP contribution in [-0.4, -0.2) is 46.0 Å². The largest absolute Gasteiger partial charge is 0.361 e. The molecule has 0 spiro atoms. The van der Waals surface area contributed by atoms with Gasteiger partial charge in [0.05, 0.1) is 0 Å². The van der Waals surface area contributed by atoms with Gasteiger partial charge in [0.15, 0.2) is 0 Å². The number of nitrogens with zero attached hydrogens (tertiary/aromatic N) is 2. The lowest BCUT2D eigenvalue weighted by atomic mass is 9.83. The normalized spacial score (nSPS) is 22.7. The van der Waals surface area contributed by atoms with E-state index in [1.165, 1.54) is 23.8 Å². The first kappa shape index (κ1) is 20.1. The first-order valence-electron chi connectivity index (χ1n) is 11.4. The third kappa shape index (κ3) is 3.92. The molecule has 0 aliphatic carbocycles. The highest BCUT2D eigenvalue weighted by Crippen LogP contribution is 2.31. The molecule has 1 unspecified atom stereocenters. The molecular weight excluding hydrogens is 388 g/mol. The predicted molar refractivity (Wildman–Crippen MR) is 122 cm³/mol. The highest BCUT2D eigenvalue weighted by molar-refractivity contribution is 5.95. The van der Waals surface area contributed by atoms with E-state index in [0.29, 0.717) is 19.1 Å². The summed E-state index contributed by atoms with van der Waals surface area (Å²) in [4.78, 5) is 31.8. The molecule has 3 fully saturated rings. The number of hydrogen-bond donors (Lipinski definition) is 2. The standard InChI is InChI=1S/C25H30N4O2/c1-17-6-10-29(13-9-19-15-26-22-5-3-2-4-21(19)22)25(31)23(17)24(30)27-16-20-14-18-7-11-28(20)12-8-18/h2-6,10,15,18,20,26H,7-9,11-14,16H2,1H3,(H,27,30). The quantitative estimate of drug-likeness (QED) is 0.646. The summed E-state index contributed by atoms with van der Waals surface area (Å²) in [6, 6.07) is 10.4. The van der Waals surface area contributed by atoms with E-state index in [2.05, 4.69) is 21.3 Å². The Morgan fingerprint density at radius 3 is 2.77 bits per heavy atom. The number of carbonyl (C=O) groups is 1. The molecule has 2 N–H and O–H groups in total. The summed E-state index contributed by atoms with van der Waals surface area (Å²) < 4.78 is 1.66. The number of amides is 1. The van der Waals surface area contributed by atoms with Crippen LogP contribution in [0.25, 0.3) is 10.9 Å². The third-order valence-corrected chi connectivity index (χ3v) is 7.17. The molecule has 2 aromatic heterocycles. The maximum atomic E-state index is 13.1. The SMILES string of the molecule is Cc1ccn(CCc2c[nH]c3ccccc23)c(=O)c1C(=O)NCC1CC2CCN1CC2. The number of aryl methyl sites for hydroxylation is 3. The summed E-state index contributed by atoms with van der Waals surface area (Å²) in [7, 11) is 0. The second kappa shape index (κ2) is 8.35. The highest BCUT2D eigenvalue weighted by atomic mass is 16.2. The molecule has 3 aliphatic rings. The van der Waals surface area contributed by atoms with Crippen LogP contribution >= 0.6 is 0 Å². The van der Waals surface area contributed by atoms with Gasteiger partial charge in [0.25, 0.3) is 11.5 Å². The van der Waals surface area contributed by atoms with Crippen LogP contribution in [0.4, 0.5) is 0 Å². The maximum Gasteiger partial charge on any atom is 0.263 e. The van der Waals surface area contributed by atoms with Gasteiger partial charge in [-0.2, -0.15) is 0 Å². The minimum absolute atomic E-state index is 0.206. The Hall–Kier alpha value is -2.86. The Labute approximate surface area is 182 Å². The van der Waals surface area contributed by atoms with Crippen molar-refractivity contribution in [2.45, 2.75) is 45.2 Å². The molecule has 2 bridgehead atoms. The van der Waals surface area contributed by atoms with Gasteiger partial charge in [-0.15, -0.1) is 0 Å². The Morgan fingerprint density at radius 2 is 2.00 bits per heavy atom. The first-order valence-corrected chi connectivity index (χ1v) is 11.4. The van der Waals surface area contributed by atoms with Crippen molar-refractivity contribution in [3.8, 4) is 0 Å². The number of nitrogens with one attached hydrogen (secondary N) is 2. The summed E-state index contributed by atoms with van der Waals surface area (Å²) in [5.74, 6) is 0.554. The predicted octanol–water partition coefficient (Wildman–Crippen LogP) is 3.09. The Balaban J connectivity index is 1.28. The van der Waals surface area contributed by atoms with Gasteiger partial charge >= 0.3 is 0 Å². The van der Waals surface area contributed by atoms with Gasteiger partial charge in [0.1, 0.15) is 5.56 Å². The first-order chi connectivity index (χ1) is 15.1. The van der Waals surface area contributed by atoms with Gasteiger partial charge in [0, 0.05) is 42.4 Å². The van der Waals surface area contributed by atoms with Crippen LogP contribution in [0.15, 0.2) is 47.5 Å². The van der Waals surface area contributed by atoms with Gasteiger partial charge in [-0.1, -0.05) is 18.2 Å². The summed E-state index contributed by atoms with van der Waals surface area (Å²) in [6.45, 7) is 5.27. The van der Waals surface area contributed by atoms with Crippen molar-refractivity contribution in [2.24, 2.45) is 5.92 Å². The number of carbonyl (C=O) groups excluding carboxylic acids is 1. The van der Waals surface area contributed by atoms with E-state index in [0.717, 1.165) is 42.9 Å². The number of rotatable bonds is 6. The molecule has 0 saturated carbocycles. The monoisotopic (exact) mass is 418 g/mol. The number of piperidine rings is 3. The molecule has 162 valence electrons. The topological polar surface area (TPSA) is 70.1 Å². The van der Waals surface area contributed by atoms with Crippen molar-refractivity contribution < 1.29 is 4.79 Å². The molecule has 5 heterocycles. The second-order valence-corrected chi connectivity index (χ2v) is 9.06. The van der Waals surface area contributed by atoms with E-state index in [4.69, 9.17) is 0 Å². The fraction of sp³-hybridized carbons (Fsp3) is 0.440. The van der Waals surface area contributed by atoms with Gasteiger partial charge in [-0.05, 0) is 74.9 Å². The van der Waals surface area contributed by atoms with Gasteiger partial charge in [-0.25, -0.2) is 0 Å².